The average Bonchev–Trinajstić information content (AvgIpc) is 3.75. The van der Waals surface area contributed by atoms with Crippen molar-refractivity contribution in [2.75, 3.05) is 6.54 Å². The number of aromatic nitrogens is 3. The van der Waals surface area contributed by atoms with Crippen molar-refractivity contribution in [2.45, 2.75) is 57.7 Å². The van der Waals surface area contributed by atoms with Crippen molar-refractivity contribution in [3.8, 4) is 0 Å². The second-order valence-electron chi connectivity index (χ2n) is 10.4. The van der Waals surface area contributed by atoms with Gasteiger partial charge in [0.15, 0.2) is 5.69 Å². The van der Waals surface area contributed by atoms with E-state index in [-0.39, 0.29) is 24.1 Å². The van der Waals surface area contributed by atoms with E-state index in [0.717, 1.165) is 29.7 Å². The average molecular weight is 555 g/mol. The maximum atomic E-state index is 13.5. The van der Waals surface area contributed by atoms with Gasteiger partial charge in [-0.1, -0.05) is 65.8 Å². The Morgan fingerprint density at radius 2 is 1.80 bits per heavy atom. The largest absolute Gasteiger partial charge is 0.361 e. The van der Waals surface area contributed by atoms with E-state index in [9.17, 15) is 14.4 Å². The Morgan fingerprint density at radius 1 is 1.07 bits per heavy atom. The first kappa shape index (κ1) is 27.8. The first-order valence-corrected chi connectivity index (χ1v) is 13.8. The Hall–Kier alpha value is -4.73. The summed E-state index contributed by atoms with van der Waals surface area (Å²) in [6.07, 6.45) is 3.95. The predicted molar refractivity (Wildman–Crippen MR) is 152 cm³/mol. The van der Waals surface area contributed by atoms with E-state index in [2.05, 4.69) is 25.8 Å². The van der Waals surface area contributed by atoms with Crippen molar-refractivity contribution >= 4 is 17.7 Å². The third kappa shape index (κ3) is 6.89. The lowest BCUT2D eigenvalue weighted by atomic mass is 10.0. The summed E-state index contributed by atoms with van der Waals surface area (Å²) in [6.45, 7) is 4.07. The van der Waals surface area contributed by atoms with E-state index in [4.69, 9.17) is 4.52 Å². The Kier molecular flexibility index (Phi) is 8.57. The Labute approximate surface area is 238 Å². The third-order valence-corrected chi connectivity index (χ3v) is 7.27. The van der Waals surface area contributed by atoms with Crippen molar-refractivity contribution in [3.05, 3.63) is 107 Å². The number of amides is 3. The highest BCUT2D eigenvalue weighted by Gasteiger charge is 2.34. The van der Waals surface area contributed by atoms with Gasteiger partial charge in [-0.2, -0.15) is 0 Å². The summed E-state index contributed by atoms with van der Waals surface area (Å²) in [7, 11) is 0. The smallest absolute Gasteiger partial charge is 0.274 e. The molecule has 1 fully saturated rings. The van der Waals surface area contributed by atoms with Crippen molar-refractivity contribution in [1.29, 1.82) is 0 Å². The van der Waals surface area contributed by atoms with E-state index in [1.165, 1.54) is 6.07 Å². The molecule has 3 heterocycles. The first-order chi connectivity index (χ1) is 19.9. The second kappa shape index (κ2) is 12.6. The van der Waals surface area contributed by atoms with Gasteiger partial charge in [0.2, 0.25) is 11.8 Å². The fourth-order valence-corrected chi connectivity index (χ4v) is 5.18. The lowest BCUT2D eigenvalue weighted by Crippen LogP contribution is -2.50. The Bertz CT molecular complexity index is 1480. The maximum absolute atomic E-state index is 13.5. The maximum Gasteiger partial charge on any atom is 0.274 e. The summed E-state index contributed by atoms with van der Waals surface area (Å²) in [5.41, 5.74) is 3.15. The minimum Gasteiger partial charge on any atom is -0.361 e. The number of aromatic amines is 1. The molecule has 4 aromatic rings. The monoisotopic (exact) mass is 554 g/mol. The molecule has 0 radical (unpaired) electrons. The third-order valence-electron chi connectivity index (χ3n) is 7.27. The summed E-state index contributed by atoms with van der Waals surface area (Å²) in [6, 6.07) is 19.7. The molecule has 212 valence electrons. The molecule has 10 heteroatoms. The molecule has 3 N–H and O–H groups in total. The zero-order valence-corrected chi connectivity index (χ0v) is 23.2. The quantitative estimate of drug-likeness (QED) is 0.271. The fourth-order valence-electron chi connectivity index (χ4n) is 5.18. The number of carbonyl (C=O) groups is 3. The van der Waals surface area contributed by atoms with Crippen LogP contribution in [0, 0.1) is 6.92 Å². The molecule has 2 aromatic carbocycles. The summed E-state index contributed by atoms with van der Waals surface area (Å²) in [5.74, 6) is -0.240. The van der Waals surface area contributed by atoms with E-state index >= 15 is 0 Å². The van der Waals surface area contributed by atoms with Gasteiger partial charge >= 0.3 is 0 Å². The number of hydrogen-bond donors (Lipinski definition) is 3. The van der Waals surface area contributed by atoms with Crippen LogP contribution in [0.5, 0.6) is 0 Å². The summed E-state index contributed by atoms with van der Waals surface area (Å²) in [4.78, 5) is 49.5. The number of rotatable bonds is 10. The van der Waals surface area contributed by atoms with E-state index in [1.54, 1.807) is 24.9 Å². The van der Waals surface area contributed by atoms with Crippen LogP contribution in [-0.4, -0.2) is 50.3 Å². The second-order valence-corrected chi connectivity index (χ2v) is 10.4. The van der Waals surface area contributed by atoms with Crippen LogP contribution in [0.15, 0.2) is 77.4 Å². The molecule has 0 spiro atoms. The van der Waals surface area contributed by atoms with Gasteiger partial charge in [0.05, 0.1) is 18.5 Å². The molecule has 41 heavy (non-hydrogen) atoms. The normalized spacial score (nSPS) is 16.2. The van der Waals surface area contributed by atoms with Crippen LogP contribution >= 0.6 is 0 Å². The summed E-state index contributed by atoms with van der Waals surface area (Å²) >= 11 is 0. The topological polar surface area (TPSA) is 133 Å². The molecule has 10 nitrogen and oxygen atoms in total. The minimum atomic E-state index is -1.12. The highest BCUT2D eigenvalue weighted by molar-refractivity contribution is 5.97. The number of likely N-dealkylation sites (tertiary alicyclic amines) is 1. The molecule has 3 amide bonds. The molecule has 1 aliphatic heterocycles. The lowest BCUT2D eigenvalue weighted by Gasteiger charge is -2.27. The molecule has 0 aliphatic carbocycles. The standard InChI is InChI=1S/C31H34N6O4/c1-20-16-26(36-41-20)31(40)35-25(18-28(38)37-15-9-14-27(37)23-12-7-4-8-13-23)30(39)33-21(2)29-32-19-24(34-29)17-22-10-5-3-6-11-22/h3-8,10-13,16,19,21,25,27H,9,14-15,17-18H2,1-2H3,(H,32,34)(H,33,39)(H,35,40)/t21-,25-,27+/m0/s1. The SMILES string of the molecule is Cc1cc(C(=O)N[C@@H](CC(=O)N2CCC[C@@H]2c2ccccc2)C(=O)N[C@@H](C)c2ncc(Cc3ccccc3)[nH]2)no1. The van der Waals surface area contributed by atoms with Crippen LogP contribution < -0.4 is 10.6 Å². The molecular formula is C31H34N6O4. The van der Waals surface area contributed by atoms with Crippen LogP contribution in [0.3, 0.4) is 0 Å². The van der Waals surface area contributed by atoms with Crippen molar-refractivity contribution in [1.82, 2.24) is 30.7 Å². The summed E-state index contributed by atoms with van der Waals surface area (Å²) < 4.78 is 5.02. The van der Waals surface area contributed by atoms with Gasteiger partial charge in [0, 0.05) is 30.9 Å². The van der Waals surface area contributed by atoms with Gasteiger partial charge < -0.3 is 25.0 Å². The highest BCUT2D eigenvalue weighted by atomic mass is 16.5. The molecular weight excluding hydrogens is 520 g/mol. The number of nitrogens with one attached hydrogen (secondary N) is 3. The number of imidazole rings is 1. The Balaban J connectivity index is 1.29. The highest BCUT2D eigenvalue weighted by Crippen LogP contribution is 2.32. The minimum absolute atomic E-state index is 0.0423. The summed E-state index contributed by atoms with van der Waals surface area (Å²) in [5, 5.41) is 9.36. The van der Waals surface area contributed by atoms with Crippen LogP contribution in [-0.2, 0) is 16.0 Å². The fraction of sp³-hybridized carbons (Fsp3) is 0.323. The van der Waals surface area contributed by atoms with Crippen LogP contribution in [0.25, 0.3) is 0 Å². The van der Waals surface area contributed by atoms with Gasteiger partial charge in [-0.15, -0.1) is 0 Å². The van der Waals surface area contributed by atoms with Gasteiger partial charge in [-0.25, -0.2) is 4.98 Å². The number of benzene rings is 2. The number of hydrogen-bond acceptors (Lipinski definition) is 6. The first-order valence-electron chi connectivity index (χ1n) is 13.8. The molecule has 2 aromatic heterocycles. The zero-order valence-electron chi connectivity index (χ0n) is 23.2. The van der Waals surface area contributed by atoms with Gasteiger partial charge in [0.1, 0.15) is 17.6 Å². The van der Waals surface area contributed by atoms with Gasteiger partial charge in [-0.05, 0) is 37.8 Å². The number of aryl methyl sites for hydroxylation is 1. The molecule has 0 bridgehead atoms. The number of nitrogens with zero attached hydrogens (tertiary/aromatic N) is 3. The van der Waals surface area contributed by atoms with E-state index in [0.29, 0.717) is 24.6 Å². The zero-order chi connectivity index (χ0) is 28.8. The molecule has 0 saturated carbocycles. The van der Waals surface area contributed by atoms with Gasteiger partial charge in [-0.3, -0.25) is 14.4 Å². The van der Waals surface area contributed by atoms with Crippen LogP contribution in [0.2, 0.25) is 0 Å². The van der Waals surface area contributed by atoms with Crippen molar-refractivity contribution < 1.29 is 18.9 Å². The number of carbonyl (C=O) groups excluding carboxylic acids is 3. The lowest BCUT2D eigenvalue weighted by molar-refractivity contribution is -0.135. The predicted octanol–water partition coefficient (Wildman–Crippen LogP) is 4.03. The molecule has 5 rings (SSSR count). The van der Waals surface area contributed by atoms with Crippen LogP contribution in [0.1, 0.15) is 77.2 Å². The van der Waals surface area contributed by atoms with Crippen LogP contribution in [0.4, 0.5) is 0 Å². The van der Waals surface area contributed by atoms with E-state index in [1.807, 2.05) is 60.7 Å². The molecule has 1 aliphatic rings. The molecule has 1 saturated heterocycles. The molecule has 3 atom stereocenters. The Morgan fingerprint density at radius 3 is 2.51 bits per heavy atom. The van der Waals surface area contributed by atoms with E-state index < -0.39 is 23.9 Å². The van der Waals surface area contributed by atoms with Crippen molar-refractivity contribution in [2.24, 2.45) is 0 Å². The van der Waals surface area contributed by atoms with Gasteiger partial charge in [0.25, 0.3) is 5.91 Å². The molecule has 0 unspecified atom stereocenters. The number of H-pyrrole nitrogens is 1. The van der Waals surface area contributed by atoms with Crippen molar-refractivity contribution in [3.63, 3.8) is 0 Å².